The minimum absolute atomic E-state index is 0. The van der Waals surface area contributed by atoms with E-state index in [2.05, 4.69) is 71.0 Å². The number of rotatable bonds is 3. The molecule has 0 amide bonds. The van der Waals surface area contributed by atoms with Gasteiger partial charge in [-0.25, -0.2) is 0 Å². The molecule has 0 N–H and O–H groups in total. The Labute approximate surface area is 152 Å². The Morgan fingerprint density at radius 3 is 1.77 bits per heavy atom. The Morgan fingerprint density at radius 2 is 1.36 bits per heavy atom. The predicted octanol–water partition coefficient (Wildman–Crippen LogP) is 6.70. The molecule has 0 aromatic heterocycles. The van der Waals surface area contributed by atoms with E-state index in [9.17, 15) is 0 Å². The Kier molecular flexibility index (Phi) is 17.5. The first kappa shape index (κ1) is 23.4. The molecule has 0 fully saturated rings. The number of hydrogen-bond donors (Lipinski definition) is 0. The van der Waals surface area contributed by atoms with Gasteiger partial charge in [0.25, 0.3) is 0 Å². The molecule has 0 unspecified atom stereocenters. The van der Waals surface area contributed by atoms with Crippen LogP contribution >= 0.6 is 0 Å². The largest absolute Gasteiger partial charge is 0.343 e. The molecule has 0 heterocycles. The van der Waals surface area contributed by atoms with Crippen LogP contribution in [0.3, 0.4) is 0 Å². The van der Waals surface area contributed by atoms with E-state index >= 15 is 0 Å². The number of hydrogen-bond acceptors (Lipinski definition) is 0. The van der Waals surface area contributed by atoms with Crippen molar-refractivity contribution >= 4 is 0 Å². The van der Waals surface area contributed by atoms with Gasteiger partial charge in [0, 0.05) is 21.1 Å². The summed E-state index contributed by atoms with van der Waals surface area (Å²) in [5.74, 6) is 0. The third-order valence-electron chi connectivity index (χ3n) is 2.85. The second-order valence-corrected chi connectivity index (χ2v) is 4.80. The van der Waals surface area contributed by atoms with Gasteiger partial charge in [-0.2, -0.15) is 12.8 Å². The maximum absolute atomic E-state index is 3.60. The van der Waals surface area contributed by atoms with Gasteiger partial charge >= 0.3 is 0 Å². The van der Waals surface area contributed by atoms with E-state index in [4.69, 9.17) is 0 Å². The molecule has 1 heteroatoms. The molecule has 0 aliphatic heterocycles. The standard InChI is InChI=1S/C13H11.2C4H9.Pt/c1-11-7-5-6-10-13(11)12-8-3-2-4-9-12;2*1-3-4-2;/h2-8,10H,1H3;2*1,3-4H2,2H3;/q3*-1;. The van der Waals surface area contributed by atoms with Crippen molar-refractivity contribution in [2.24, 2.45) is 0 Å². The number of aryl methyl sites for hydroxylation is 1. The second kappa shape index (κ2) is 16.5. The Hall–Kier alpha value is -0.872. The summed E-state index contributed by atoms with van der Waals surface area (Å²) in [5.41, 5.74) is 3.73. The van der Waals surface area contributed by atoms with Gasteiger partial charge in [0.05, 0.1) is 0 Å². The molecule has 0 radical (unpaired) electrons. The van der Waals surface area contributed by atoms with Crippen LogP contribution in [-0.2, 0) is 21.1 Å². The summed E-state index contributed by atoms with van der Waals surface area (Å²) in [6, 6.07) is 19.6. The van der Waals surface area contributed by atoms with E-state index < -0.39 is 0 Å². The fraction of sp³-hybridized carbons (Fsp3) is 0.333. The molecule has 2 aromatic carbocycles. The van der Waals surface area contributed by atoms with Gasteiger partial charge in [-0.15, -0.1) is 35.9 Å². The minimum Gasteiger partial charge on any atom is -0.343 e. The van der Waals surface area contributed by atoms with Crippen molar-refractivity contribution in [3.63, 3.8) is 0 Å². The van der Waals surface area contributed by atoms with Crippen LogP contribution in [0.5, 0.6) is 0 Å². The zero-order valence-electron chi connectivity index (χ0n) is 14.2. The molecule has 0 bridgehead atoms. The normalized spacial score (nSPS) is 8.59. The Balaban J connectivity index is 0. The van der Waals surface area contributed by atoms with Gasteiger partial charge in [0.1, 0.15) is 0 Å². The zero-order valence-corrected chi connectivity index (χ0v) is 16.4. The summed E-state index contributed by atoms with van der Waals surface area (Å²) < 4.78 is 0. The first-order valence-electron chi connectivity index (χ1n) is 7.82. The van der Waals surface area contributed by atoms with Crippen molar-refractivity contribution < 1.29 is 21.1 Å². The van der Waals surface area contributed by atoms with Gasteiger partial charge in [-0.1, -0.05) is 62.1 Å². The molecule has 0 saturated heterocycles. The van der Waals surface area contributed by atoms with Crippen LogP contribution in [0.2, 0.25) is 0 Å². The summed E-state index contributed by atoms with van der Waals surface area (Å²) in [7, 11) is 0. The summed E-state index contributed by atoms with van der Waals surface area (Å²) in [5, 5.41) is 0. The smallest absolute Gasteiger partial charge is 0 e. The van der Waals surface area contributed by atoms with E-state index in [0.717, 1.165) is 12.8 Å². The van der Waals surface area contributed by atoms with Crippen LogP contribution in [0.1, 0.15) is 45.1 Å². The molecular weight excluding hydrogens is 447 g/mol. The van der Waals surface area contributed by atoms with Crippen molar-refractivity contribution in [1.29, 1.82) is 0 Å². The summed E-state index contributed by atoms with van der Waals surface area (Å²) >= 11 is 0. The van der Waals surface area contributed by atoms with Crippen LogP contribution in [0.25, 0.3) is 11.1 Å². The molecule has 0 aliphatic rings. The first-order valence-corrected chi connectivity index (χ1v) is 7.82. The van der Waals surface area contributed by atoms with Crippen LogP contribution in [0.4, 0.5) is 0 Å². The molecule has 22 heavy (non-hydrogen) atoms. The molecule has 2 aromatic rings. The summed E-state index contributed by atoms with van der Waals surface area (Å²) in [4.78, 5) is 0. The zero-order chi connectivity index (χ0) is 15.9. The van der Waals surface area contributed by atoms with Crippen molar-refractivity contribution in [1.82, 2.24) is 0 Å². The van der Waals surface area contributed by atoms with Gasteiger partial charge in [-0.3, -0.25) is 0 Å². The summed E-state index contributed by atoms with van der Waals surface area (Å²) in [6.45, 7) is 13.6. The third kappa shape index (κ3) is 10.8. The Bertz CT molecular complexity index is 440. The van der Waals surface area contributed by atoms with Crippen molar-refractivity contribution in [2.75, 3.05) is 0 Å². The summed E-state index contributed by atoms with van der Waals surface area (Å²) in [6.07, 6.45) is 4.56. The van der Waals surface area contributed by atoms with Crippen LogP contribution in [-0.4, -0.2) is 0 Å². The fourth-order valence-electron chi connectivity index (χ4n) is 1.44. The average Bonchev–Trinajstić information content (AvgIpc) is 2.56. The van der Waals surface area contributed by atoms with Crippen LogP contribution in [0.15, 0.2) is 48.5 Å². The number of benzene rings is 2. The predicted molar refractivity (Wildman–Crippen MR) is 96.0 cm³/mol. The first-order chi connectivity index (χ1) is 10.2. The maximum atomic E-state index is 3.60. The van der Waals surface area contributed by atoms with E-state index in [1.807, 2.05) is 18.2 Å². The maximum Gasteiger partial charge on any atom is 0 e. The third-order valence-corrected chi connectivity index (χ3v) is 2.85. The quantitative estimate of drug-likeness (QED) is 0.433. The number of unbranched alkanes of at least 4 members (excludes halogenated alkanes) is 2. The fourth-order valence-corrected chi connectivity index (χ4v) is 1.44. The molecule has 0 nitrogen and oxygen atoms in total. The van der Waals surface area contributed by atoms with Crippen LogP contribution in [0, 0.1) is 26.8 Å². The van der Waals surface area contributed by atoms with E-state index in [-0.39, 0.29) is 21.1 Å². The van der Waals surface area contributed by atoms with Crippen molar-refractivity contribution in [2.45, 2.75) is 46.5 Å². The van der Waals surface area contributed by atoms with Gasteiger partial charge in [-0.05, 0) is 6.92 Å². The van der Waals surface area contributed by atoms with Gasteiger partial charge in [0.15, 0.2) is 0 Å². The Morgan fingerprint density at radius 1 is 0.864 bits per heavy atom. The van der Waals surface area contributed by atoms with Gasteiger partial charge < -0.3 is 13.8 Å². The van der Waals surface area contributed by atoms with Crippen LogP contribution < -0.4 is 0 Å². The second-order valence-electron chi connectivity index (χ2n) is 4.80. The van der Waals surface area contributed by atoms with E-state index in [1.165, 1.54) is 29.5 Å². The molecule has 126 valence electrons. The van der Waals surface area contributed by atoms with Crippen molar-refractivity contribution in [3.05, 3.63) is 74.0 Å². The molecule has 0 spiro atoms. The van der Waals surface area contributed by atoms with Crippen molar-refractivity contribution in [3.8, 4) is 11.1 Å². The van der Waals surface area contributed by atoms with Gasteiger partial charge in [0.2, 0.25) is 0 Å². The molecule has 0 aliphatic carbocycles. The monoisotopic (exact) mass is 476 g/mol. The molecule has 0 atom stereocenters. The SMILES string of the molecule is Cc1ccccc1-c1[c-]cccc1.[CH2-]CCC.[CH2-]CCC.[Pt]. The topological polar surface area (TPSA) is 0 Å². The van der Waals surface area contributed by atoms with E-state index in [1.54, 1.807) is 0 Å². The molecule has 0 saturated carbocycles. The van der Waals surface area contributed by atoms with E-state index in [0.29, 0.717) is 0 Å². The molecule has 2 rings (SSSR count). The average molecular weight is 477 g/mol. The minimum atomic E-state index is 0. The molecular formula is C21H29Pt-3.